The number of fused-ring (bicyclic) bond motifs is 6. The Morgan fingerprint density at radius 2 is 2.03 bits per heavy atom. The summed E-state index contributed by atoms with van der Waals surface area (Å²) < 4.78 is 64.2. The van der Waals surface area contributed by atoms with Gasteiger partial charge in [-0.05, 0) is 36.2 Å². The first kappa shape index (κ1) is 22.5. The van der Waals surface area contributed by atoms with Crippen molar-refractivity contribution < 1.29 is 31.8 Å². The van der Waals surface area contributed by atoms with E-state index in [-0.39, 0.29) is 30.6 Å². The quantitative estimate of drug-likeness (QED) is 0.419. The Kier molecular flexibility index (Phi) is 4.84. The smallest absolute Gasteiger partial charge is 0.403 e. The van der Waals surface area contributed by atoms with Gasteiger partial charge in [-0.25, -0.2) is 19.3 Å². The third kappa shape index (κ3) is 3.58. The van der Waals surface area contributed by atoms with E-state index in [2.05, 4.69) is 19.7 Å². The molecule has 0 spiro atoms. The van der Waals surface area contributed by atoms with Crippen molar-refractivity contribution in [3.63, 3.8) is 0 Å². The van der Waals surface area contributed by atoms with E-state index in [1.165, 1.54) is 11.1 Å². The Morgan fingerprint density at radius 3 is 2.81 bits per heavy atom. The number of imidazole rings is 1. The minimum Gasteiger partial charge on any atom is -0.403 e. The third-order valence-corrected chi connectivity index (χ3v) is 6.45. The molecule has 1 saturated heterocycles. The van der Waals surface area contributed by atoms with E-state index in [0.717, 1.165) is 12.1 Å². The summed E-state index contributed by atoms with van der Waals surface area (Å²) in [6, 6.07) is 2.88. The average molecular weight is 502 g/mol. The summed E-state index contributed by atoms with van der Waals surface area (Å²) in [5.74, 6) is -2.26. The van der Waals surface area contributed by atoms with Gasteiger partial charge < -0.3 is 20.1 Å². The monoisotopic (exact) mass is 502 g/mol. The number of halogens is 4. The molecule has 36 heavy (non-hydrogen) atoms. The zero-order valence-corrected chi connectivity index (χ0v) is 18.7. The summed E-state index contributed by atoms with van der Waals surface area (Å²) in [7, 11) is 0. The lowest BCUT2D eigenvalue weighted by atomic mass is 10.0. The lowest BCUT2D eigenvalue weighted by molar-refractivity contribution is -0.275. The standard InChI is InChI=1S/C23H18F4N6O3/c1-10-8-32(20-12-4-13(24)18(36-23(25,26)27)2-11(12)3-19(20)35-10)22(34)14-5-16-15(6-30-14)31-21(28)17-7-29-9-33(16)17/h2,4-7,9-10,19-20H,3,8H2,1H3,(H2,28,31)/t10-,19-,20+/m1/s1. The molecule has 1 aliphatic heterocycles. The van der Waals surface area contributed by atoms with Gasteiger partial charge in [-0.1, -0.05) is 0 Å². The van der Waals surface area contributed by atoms with E-state index in [4.69, 9.17) is 10.5 Å². The Labute approximate surface area is 200 Å². The Morgan fingerprint density at radius 1 is 1.22 bits per heavy atom. The molecular weight excluding hydrogens is 484 g/mol. The van der Waals surface area contributed by atoms with E-state index in [9.17, 15) is 22.4 Å². The number of carbonyl (C=O) groups is 1. The Bertz CT molecular complexity index is 1540. The van der Waals surface area contributed by atoms with Gasteiger partial charge in [0.05, 0.1) is 42.5 Å². The van der Waals surface area contributed by atoms with Gasteiger partial charge in [-0.2, -0.15) is 0 Å². The van der Waals surface area contributed by atoms with E-state index >= 15 is 0 Å². The second-order valence-electron chi connectivity index (χ2n) is 8.83. The van der Waals surface area contributed by atoms with Crippen molar-refractivity contribution in [2.45, 2.75) is 38.0 Å². The van der Waals surface area contributed by atoms with Crippen LogP contribution in [0.15, 0.2) is 36.9 Å². The summed E-state index contributed by atoms with van der Waals surface area (Å²) in [6.45, 7) is 1.97. The highest BCUT2D eigenvalue weighted by Crippen LogP contribution is 2.44. The maximum atomic E-state index is 14.6. The topological polar surface area (TPSA) is 108 Å². The molecule has 2 N–H and O–H groups in total. The largest absolute Gasteiger partial charge is 0.573 e. The number of nitrogen functional groups attached to an aromatic ring is 1. The molecule has 0 radical (unpaired) electrons. The molecule has 0 saturated carbocycles. The third-order valence-electron chi connectivity index (χ3n) is 6.45. The molecule has 13 heteroatoms. The molecule has 0 unspecified atom stereocenters. The fourth-order valence-corrected chi connectivity index (χ4v) is 5.07. The molecule has 1 amide bonds. The number of rotatable bonds is 2. The van der Waals surface area contributed by atoms with Crippen LogP contribution in [0.2, 0.25) is 0 Å². The number of aromatic nitrogens is 4. The van der Waals surface area contributed by atoms with Gasteiger partial charge in [0.25, 0.3) is 5.91 Å². The number of carbonyl (C=O) groups excluding carboxylic acids is 1. The van der Waals surface area contributed by atoms with Crippen molar-refractivity contribution in [1.82, 2.24) is 24.3 Å². The minimum absolute atomic E-state index is 0.114. The van der Waals surface area contributed by atoms with Crippen molar-refractivity contribution in [2.75, 3.05) is 12.3 Å². The van der Waals surface area contributed by atoms with Crippen LogP contribution in [0.5, 0.6) is 5.75 Å². The first-order valence-electron chi connectivity index (χ1n) is 11.0. The summed E-state index contributed by atoms with van der Waals surface area (Å²) in [4.78, 5) is 27.9. The van der Waals surface area contributed by atoms with E-state index in [1.807, 2.05) is 0 Å². The highest BCUT2D eigenvalue weighted by Gasteiger charge is 2.45. The van der Waals surface area contributed by atoms with Crippen LogP contribution in [0.1, 0.15) is 34.6 Å². The number of hydrogen-bond donors (Lipinski definition) is 1. The van der Waals surface area contributed by atoms with E-state index in [0.29, 0.717) is 27.7 Å². The maximum Gasteiger partial charge on any atom is 0.573 e. The lowest BCUT2D eigenvalue weighted by Gasteiger charge is -2.41. The van der Waals surface area contributed by atoms with Crippen molar-refractivity contribution >= 4 is 28.3 Å². The predicted molar refractivity (Wildman–Crippen MR) is 118 cm³/mol. The summed E-state index contributed by atoms with van der Waals surface area (Å²) >= 11 is 0. The normalized spacial score (nSPS) is 21.6. The predicted octanol–water partition coefficient (Wildman–Crippen LogP) is 3.42. The molecule has 186 valence electrons. The molecule has 0 bridgehead atoms. The summed E-state index contributed by atoms with van der Waals surface area (Å²) in [5.41, 5.74) is 8.48. The Balaban J connectivity index is 1.40. The van der Waals surface area contributed by atoms with E-state index in [1.54, 1.807) is 29.9 Å². The van der Waals surface area contributed by atoms with Gasteiger partial charge in [-0.15, -0.1) is 13.2 Å². The van der Waals surface area contributed by atoms with Crippen LogP contribution in [0.25, 0.3) is 16.6 Å². The van der Waals surface area contributed by atoms with Crippen LogP contribution < -0.4 is 10.5 Å². The fourth-order valence-electron chi connectivity index (χ4n) is 5.07. The highest BCUT2D eigenvalue weighted by atomic mass is 19.4. The summed E-state index contributed by atoms with van der Waals surface area (Å²) in [6.07, 6.45) is -1.21. The number of benzene rings is 1. The number of nitrogens with zero attached hydrogens (tertiary/aromatic N) is 5. The van der Waals surface area contributed by atoms with Gasteiger partial charge in [0.1, 0.15) is 22.5 Å². The van der Waals surface area contributed by atoms with Crippen LogP contribution in [0.4, 0.5) is 23.4 Å². The first-order chi connectivity index (χ1) is 17.1. The molecule has 3 atom stereocenters. The van der Waals surface area contributed by atoms with Gasteiger partial charge in [0.15, 0.2) is 11.6 Å². The van der Waals surface area contributed by atoms with Crippen molar-refractivity contribution in [2.24, 2.45) is 0 Å². The lowest BCUT2D eigenvalue weighted by Crippen LogP contribution is -2.50. The number of alkyl halides is 3. The average Bonchev–Trinajstić information content (AvgIpc) is 3.43. The molecule has 1 aliphatic carbocycles. The number of ether oxygens (including phenoxy) is 2. The molecule has 1 fully saturated rings. The molecule has 1 aromatic carbocycles. The first-order valence-corrected chi connectivity index (χ1v) is 11.0. The second-order valence-corrected chi connectivity index (χ2v) is 8.83. The number of nitrogens with two attached hydrogens (primary N) is 1. The van der Waals surface area contributed by atoms with Gasteiger partial charge in [0.2, 0.25) is 0 Å². The number of morpholine rings is 1. The minimum atomic E-state index is -5.03. The fraction of sp³-hybridized carbons (Fsp3) is 0.304. The molecule has 6 rings (SSSR count). The summed E-state index contributed by atoms with van der Waals surface area (Å²) in [5, 5.41) is 0. The van der Waals surface area contributed by atoms with E-state index < -0.39 is 36.0 Å². The van der Waals surface area contributed by atoms with Crippen LogP contribution in [-0.4, -0.2) is 55.3 Å². The van der Waals surface area contributed by atoms with Crippen LogP contribution >= 0.6 is 0 Å². The van der Waals surface area contributed by atoms with Gasteiger partial charge >= 0.3 is 6.36 Å². The highest BCUT2D eigenvalue weighted by molar-refractivity contribution is 5.96. The molecule has 4 heterocycles. The molecule has 4 aromatic rings. The number of pyridine rings is 1. The van der Waals surface area contributed by atoms with Crippen molar-refractivity contribution in [3.8, 4) is 5.75 Å². The molecule has 9 nitrogen and oxygen atoms in total. The zero-order valence-electron chi connectivity index (χ0n) is 18.7. The SMILES string of the molecule is C[C@@H]1CN(C(=O)c2cc3c(cn2)nc(N)c2cncn23)[C@H]2c3cc(F)c(OC(F)(F)F)cc3C[C@H]2O1. The van der Waals surface area contributed by atoms with Gasteiger partial charge in [0, 0.05) is 13.0 Å². The zero-order chi connectivity index (χ0) is 25.4. The van der Waals surface area contributed by atoms with Crippen molar-refractivity contribution in [1.29, 1.82) is 0 Å². The number of hydrogen-bond acceptors (Lipinski definition) is 7. The van der Waals surface area contributed by atoms with Crippen LogP contribution in [0, 0.1) is 5.82 Å². The molecule has 2 aliphatic rings. The van der Waals surface area contributed by atoms with Crippen LogP contribution in [-0.2, 0) is 11.2 Å². The second kappa shape index (κ2) is 7.75. The van der Waals surface area contributed by atoms with Crippen molar-refractivity contribution in [3.05, 3.63) is 59.6 Å². The maximum absolute atomic E-state index is 14.6. The molecule has 3 aromatic heterocycles. The number of amides is 1. The Hall–Kier alpha value is -4.00. The molecular formula is C23H18F4N6O3. The number of anilines is 1. The van der Waals surface area contributed by atoms with Crippen LogP contribution in [0.3, 0.4) is 0 Å². The van der Waals surface area contributed by atoms with Gasteiger partial charge in [-0.3, -0.25) is 9.20 Å².